The number of halogens is 3. The first-order valence-electron chi connectivity index (χ1n) is 3.98. The van der Waals surface area contributed by atoms with Crippen molar-refractivity contribution in [2.75, 3.05) is 13.1 Å². The van der Waals surface area contributed by atoms with E-state index in [2.05, 4.69) is 51.8 Å². The van der Waals surface area contributed by atoms with Crippen LogP contribution in [0.2, 0.25) is 0 Å². The Hall–Kier alpha value is 1.54. The van der Waals surface area contributed by atoms with Crippen molar-refractivity contribution in [3.05, 3.63) is 0 Å². The second kappa shape index (κ2) is 13.5. The molecule has 0 radical (unpaired) electrons. The molecule has 0 aromatic heterocycles. The summed E-state index contributed by atoms with van der Waals surface area (Å²) in [6.07, 6.45) is 0. The first-order valence-corrected chi connectivity index (χ1v) is 4.68. The van der Waals surface area contributed by atoms with Crippen LogP contribution < -0.4 is 0 Å². The van der Waals surface area contributed by atoms with E-state index in [9.17, 15) is 0 Å². The monoisotopic (exact) mass is 284 g/mol. The van der Waals surface area contributed by atoms with Crippen molar-refractivity contribution in [3.63, 3.8) is 0 Å². The maximum absolute atomic E-state index is 2.40. The maximum Gasteiger partial charge on any atom is -0.147 e. The summed E-state index contributed by atoms with van der Waals surface area (Å²) in [5.74, 6) is 1.59. The molecule has 0 aromatic rings. The number of hydrogen-bond acceptors (Lipinski definition) is 1. The van der Waals surface area contributed by atoms with Gasteiger partial charge in [-0.15, -0.1) is 37.2 Å². The summed E-state index contributed by atoms with van der Waals surface area (Å²) in [6, 6.07) is 0. The van der Waals surface area contributed by atoms with Crippen molar-refractivity contribution in [2.45, 2.75) is 27.7 Å². The molecular formula is C8H21Cl3NTi. The molecule has 0 fully saturated rings. The first-order chi connectivity index (χ1) is 4.52. The second-order valence-electron chi connectivity index (χ2n) is 3.69. The Morgan fingerprint density at radius 1 is 0.846 bits per heavy atom. The third-order valence-electron chi connectivity index (χ3n) is 1.17. The molecule has 0 N–H and O–H groups in total. The molecule has 0 spiro atoms. The minimum absolute atomic E-state index is 0. The van der Waals surface area contributed by atoms with E-state index in [0.29, 0.717) is 0 Å². The summed E-state index contributed by atoms with van der Waals surface area (Å²) in [6.45, 7) is 11.5. The van der Waals surface area contributed by atoms with Gasteiger partial charge in [-0.3, -0.25) is 0 Å². The van der Waals surface area contributed by atoms with Crippen LogP contribution in [0.4, 0.5) is 0 Å². The van der Waals surface area contributed by atoms with E-state index in [0.717, 1.165) is 11.8 Å². The smallest absolute Gasteiger partial charge is 0.147 e. The normalized spacial score (nSPS) is 9.08. The van der Waals surface area contributed by atoms with Crippen LogP contribution in [0.1, 0.15) is 27.7 Å². The van der Waals surface area contributed by atoms with E-state index in [-0.39, 0.29) is 37.2 Å². The fraction of sp³-hybridized carbons (Fsp3) is 1.00. The van der Waals surface area contributed by atoms with Gasteiger partial charge in [0.1, 0.15) is 0 Å². The first kappa shape index (κ1) is 24.0. The summed E-state index contributed by atoms with van der Waals surface area (Å²) in [5, 5.41) is 0. The maximum atomic E-state index is 2.40. The Bertz CT molecular complexity index is 81.5. The molecule has 0 saturated carbocycles. The van der Waals surface area contributed by atoms with Gasteiger partial charge < -0.3 is 0 Å². The van der Waals surface area contributed by atoms with E-state index in [4.69, 9.17) is 0 Å². The van der Waals surface area contributed by atoms with Crippen LogP contribution in [-0.2, 0) is 20.7 Å². The molecule has 0 bridgehead atoms. The summed E-state index contributed by atoms with van der Waals surface area (Å²) >= 11 is 2.19. The molecule has 0 aliphatic heterocycles. The SMILES string of the molecule is CC(C)C[N]([Ti])CC(C)C.Cl.Cl.Cl. The Labute approximate surface area is 113 Å². The van der Waals surface area contributed by atoms with Gasteiger partial charge in [0.2, 0.25) is 0 Å². The molecule has 1 nitrogen and oxygen atoms in total. The van der Waals surface area contributed by atoms with Gasteiger partial charge in [-0.25, -0.2) is 0 Å². The van der Waals surface area contributed by atoms with Crippen LogP contribution in [0.15, 0.2) is 0 Å². The summed E-state index contributed by atoms with van der Waals surface area (Å²) in [4.78, 5) is 0. The standard InChI is InChI=1S/C8H18N.3ClH.Ti/c1-7(2)5-9-6-8(3)4;;;;/h7-8H,5-6H2,1-4H3;3*1H;/q-1;;;;+1. The number of hydrogen-bond donors (Lipinski definition) is 0. The van der Waals surface area contributed by atoms with Gasteiger partial charge in [0, 0.05) is 0 Å². The fourth-order valence-electron chi connectivity index (χ4n) is 0.956. The van der Waals surface area contributed by atoms with Crippen LogP contribution >= 0.6 is 37.2 Å². The Morgan fingerprint density at radius 2 is 1.08 bits per heavy atom. The van der Waals surface area contributed by atoms with Crippen LogP contribution in [0, 0.1) is 11.8 Å². The van der Waals surface area contributed by atoms with Gasteiger partial charge >= 0.3 is 76.7 Å². The van der Waals surface area contributed by atoms with Crippen molar-refractivity contribution in [1.29, 1.82) is 0 Å². The summed E-state index contributed by atoms with van der Waals surface area (Å²) in [5.41, 5.74) is 0. The third-order valence-corrected chi connectivity index (χ3v) is 1.74. The molecule has 0 amide bonds. The molecule has 0 atom stereocenters. The Balaban J connectivity index is -0.000000135. The molecule has 0 unspecified atom stereocenters. The zero-order valence-corrected chi connectivity index (χ0v) is 12.8. The minimum Gasteiger partial charge on any atom is -0.147 e. The predicted molar refractivity (Wildman–Crippen MR) is 63.0 cm³/mol. The van der Waals surface area contributed by atoms with Crippen LogP contribution in [0.5, 0.6) is 0 Å². The number of nitrogens with zero attached hydrogens (tertiary/aromatic N) is 1. The largest absolute Gasteiger partial charge is 0.147 e. The molecular weight excluding hydrogens is 264 g/mol. The topological polar surface area (TPSA) is 3.24 Å². The van der Waals surface area contributed by atoms with E-state index < -0.39 is 0 Å². The second-order valence-corrected chi connectivity index (χ2v) is 4.68. The molecule has 0 aromatic carbocycles. The van der Waals surface area contributed by atoms with Crippen LogP contribution in [0.25, 0.3) is 0 Å². The Morgan fingerprint density at radius 3 is 1.23 bits per heavy atom. The van der Waals surface area contributed by atoms with Crippen LogP contribution in [0.3, 0.4) is 0 Å². The molecule has 83 valence electrons. The van der Waals surface area contributed by atoms with Gasteiger partial charge in [0.05, 0.1) is 0 Å². The van der Waals surface area contributed by atoms with E-state index in [1.54, 1.807) is 0 Å². The van der Waals surface area contributed by atoms with Crippen molar-refractivity contribution in [2.24, 2.45) is 11.8 Å². The van der Waals surface area contributed by atoms with Gasteiger partial charge in [-0.2, -0.15) is 0 Å². The van der Waals surface area contributed by atoms with E-state index in [1.165, 1.54) is 13.1 Å². The van der Waals surface area contributed by atoms with Gasteiger partial charge in [-0.05, 0) is 0 Å². The molecule has 0 aliphatic carbocycles. The van der Waals surface area contributed by atoms with E-state index in [1.807, 2.05) is 0 Å². The van der Waals surface area contributed by atoms with Gasteiger partial charge in [0.15, 0.2) is 0 Å². The molecule has 13 heavy (non-hydrogen) atoms. The van der Waals surface area contributed by atoms with Gasteiger partial charge in [0.25, 0.3) is 0 Å². The predicted octanol–water partition coefficient (Wildman–Crippen LogP) is 3.33. The average Bonchev–Trinajstić information content (AvgIpc) is 1.58. The third kappa shape index (κ3) is 19.8. The quantitative estimate of drug-likeness (QED) is 0.716. The van der Waals surface area contributed by atoms with E-state index >= 15 is 0 Å². The molecule has 0 rings (SSSR count). The Kier molecular flexibility index (Phi) is 25.0. The summed E-state index contributed by atoms with van der Waals surface area (Å²) in [7, 11) is 0. The zero-order chi connectivity index (χ0) is 8.15. The summed E-state index contributed by atoms with van der Waals surface area (Å²) < 4.78 is 2.40. The van der Waals surface area contributed by atoms with Crippen molar-refractivity contribution >= 4 is 37.2 Å². The van der Waals surface area contributed by atoms with Gasteiger partial charge in [-0.1, -0.05) is 0 Å². The molecule has 0 aliphatic rings. The number of rotatable bonds is 4. The van der Waals surface area contributed by atoms with Crippen molar-refractivity contribution in [1.82, 2.24) is 3.38 Å². The minimum atomic E-state index is 0. The van der Waals surface area contributed by atoms with Crippen LogP contribution in [-0.4, -0.2) is 16.5 Å². The fourth-order valence-corrected chi connectivity index (χ4v) is 2.10. The molecule has 0 heterocycles. The average molecular weight is 285 g/mol. The molecule has 5 heteroatoms. The molecule has 0 saturated heterocycles. The zero-order valence-electron chi connectivity index (χ0n) is 8.74. The van der Waals surface area contributed by atoms with Crippen molar-refractivity contribution in [3.8, 4) is 0 Å². The van der Waals surface area contributed by atoms with Crippen molar-refractivity contribution < 1.29 is 20.7 Å².